The summed E-state index contributed by atoms with van der Waals surface area (Å²) in [5.74, 6) is -2.76. The maximum Gasteiger partial charge on any atom is 0.433 e. The van der Waals surface area contributed by atoms with Gasteiger partial charge in [0.1, 0.15) is 16.6 Å². The summed E-state index contributed by atoms with van der Waals surface area (Å²) in [6.45, 7) is 0. The van der Waals surface area contributed by atoms with E-state index in [-0.39, 0.29) is 11.6 Å². The van der Waals surface area contributed by atoms with Crippen molar-refractivity contribution >= 4 is 35.8 Å². The molecule has 2 rings (SSSR count). The van der Waals surface area contributed by atoms with Gasteiger partial charge in [0.15, 0.2) is 11.6 Å². The van der Waals surface area contributed by atoms with Gasteiger partial charge >= 0.3 is 11.9 Å². The van der Waals surface area contributed by atoms with Gasteiger partial charge in [-0.25, -0.2) is 10.2 Å². The van der Waals surface area contributed by atoms with Gasteiger partial charge in [-0.1, -0.05) is 0 Å². The average Bonchev–Trinajstić information content (AvgIpc) is 3.22. The van der Waals surface area contributed by atoms with E-state index in [1.807, 2.05) is 5.43 Å². The van der Waals surface area contributed by atoms with Crippen molar-refractivity contribution in [2.45, 2.75) is 6.04 Å². The molecular formula is C15H13N9O7. The Morgan fingerprint density at radius 1 is 1.35 bits per heavy atom. The topological polar surface area (TPSA) is 216 Å². The number of amidine groups is 1. The molecule has 2 N–H and O–H groups in total. The summed E-state index contributed by atoms with van der Waals surface area (Å²) in [6.07, 6.45) is 1.80. The lowest BCUT2D eigenvalue weighted by molar-refractivity contribution is -0.402. The van der Waals surface area contributed by atoms with Crippen LogP contribution in [0.3, 0.4) is 0 Å². The molecule has 0 bridgehead atoms. The number of nitrogens with one attached hydrogen (secondary N) is 2. The smallest absolute Gasteiger partial charge is 0.400 e. The maximum absolute atomic E-state index is 12.0. The molecule has 1 atom stereocenters. The fourth-order valence-electron chi connectivity index (χ4n) is 2.16. The lowest BCUT2D eigenvalue weighted by Gasteiger charge is -2.32. The van der Waals surface area contributed by atoms with E-state index in [0.717, 1.165) is 23.4 Å². The summed E-state index contributed by atoms with van der Waals surface area (Å²) in [4.78, 5) is 58.2. The highest BCUT2D eigenvalue weighted by Gasteiger charge is 2.42. The van der Waals surface area contributed by atoms with E-state index in [1.165, 1.54) is 20.2 Å². The minimum atomic E-state index is -1.60. The minimum Gasteiger partial charge on any atom is -0.400 e. The summed E-state index contributed by atoms with van der Waals surface area (Å²) in [6, 6.07) is 1.52. The molecule has 1 fully saturated rings. The van der Waals surface area contributed by atoms with Crippen molar-refractivity contribution in [2.24, 2.45) is 15.4 Å². The minimum absolute atomic E-state index is 0.0222. The molecular weight excluding hydrogens is 418 g/mol. The molecule has 1 aliphatic heterocycles. The van der Waals surface area contributed by atoms with Crippen molar-refractivity contribution in [3.8, 4) is 6.07 Å². The number of imide groups is 1. The van der Waals surface area contributed by atoms with Crippen molar-refractivity contribution in [3.63, 3.8) is 0 Å². The van der Waals surface area contributed by atoms with Gasteiger partial charge in [-0.05, 0) is 11.2 Å². The molecule has 31 heavy (non-hydrogen) atoms. The second kappa shape index (κ2) is 9.51. The number of carbonyl (C=O) groups is 3. The Morgan fingerprint density at radius 3 is 2.65 bits per heavy atom. The zero-order valence-electron chi connectivity index (χ0n) is 15.9. The number of carbonyl (C=O) groups excluding carboxylic acids is 3. The third-order valence-corrected chi connectivity index (χ3v) is 3.74. The highest BCUT2D eigenvalue weighted by molar-refractivity contribution is 6.20. The van der Waals surface area contributed by atoms with Crippen LogP contribution in [0.25, 0.3) is 0 Å². The van der Waals surface area contributed by atoms with E-state index in [1.54, 1.807) is 6.07 Å². The van der Waals surface area contributed by atoms with Gasteiger partial charge in [0.2, 0.25) is 6.04 Å². The summed E-state index contributed by atoms with van der Waals surface area (Å²) in [7, 11) is 2.42. The van der Waals surface area contributed by atoms with Gasteiger partial charge in [-0.15, -0.1) is 4.91 Å². The van der Waals surface area contributed by atoms with Gasteiger partial charge in [0.25, 0.3) is 11.8 Å². The lowest BCUT2D eigenvalue weighted by atomic mass is 10.2. The first-order valence-corrected chi connectivity index (χ1v) is 8.10. The van der Waals surface area contributed by atoms with Gasteiger partial charge in [-0.3, -0.25) is 34.9 Å². The molecule has 0 radical (unpaired) electrons. The second-order valence-corrected chi connectivity index (χ2v) is 5.65. The molecule has 1 aliphatic rings. The number of urea groups is 1. The summed E-state index contributed by atoms with van der Waals surface area (Å²) in [5, 5.41) is 29.4. The highest BCUT2D eigenvalue weighted by atomic mass is 16.6. The normalized spacial score (nSPS) is 18.3. The Balaban J connectivity index is 2.07. The molecule has 160 valence electrons. The first-order chi connectivity index (χ1) is 14.7. The Hall–Kier alpha value is -4.94. The van der Waals surface area contributed by atoms with Gasteiger partial charge in [0, 0.05) is 20.3 Å². The monoisotopic (exact) mass is 431 g/mol. The summed E-state index contributed by atoms with van der Waals surface area (Å²) in [5.41, 5.74) is 3.66. The number of nitro groups is 1. The molecule has 0 aromatic carbocycles. The van der Waals surface area contributed by atoms with Crippen LogP contribution < -0.4 is 10.9 Å². The van der Waals surface area contributed by atoms with Crippen LogP contribution in [0.4, 0.5) is 10.7 Å². The van der Waals surface area contributed by atoms with Crippen molar-refractivity contribution in [3.05, 3.63) is 44.7 Å². The number of nitriles is 1. The fourth-order valence-corrected chi connectivity index (χ4v) is 2.16. The van der Waals surface area contributed by atoms with Crippen molar-refractivity contribution in [2.75, 3.05) is 14.1 Å². The van der Waals surface area contributed by atoms with Crippen LogP contribution in [-0.2, 0) is 9.59 Å². The van der Waals surface area contributed by atoms with Crippen LogP contribution in [0.1, 0.15) is 5.76 Å². The molecule has 4 amide bonds. The Bertz CT molecular complexity index is 1070. The van der Waals surface area contributed by atoms with Crippen molar-refractivity contribution < 1.29 is 23.7 Å². The number of nitroso groups, excluding NO2 is 1. The molecule has 1 aromatic rings. The molecule has 16 heteroatoms. The molecule has 1 unspecified atom stereocenters. The number of hydrogen-bond donors (Lipinski definition) is 2. The van der Waals surface area contributed by atoms with E-state index < -0.39 is 40.3 Å². The highest BCUT2D eigenvalue weighted by Crippen LogP contribution is 2.14. The largest absolute Gasteiger partial charge is 0.433 e. The molecule has 2 heterocycles. The van der Waals surface area contributed by atoms with Crippen LogP contribution in [0, 0.1) is 26.4 Å². The molecule has 0 saturated carbocycles. The van der Waals surface area contributed by atoms with Crippen LogP contribution in [0.2, 0.25) is 0 Å². The fraction of sp³-hybridized carbons (Fsp3) is 0.200. The predicted octanol–water partition coefficient (Wildman–Crippen LogP) is -0.393. The Labute approximate surface area is 172 Å². The van der Waals surface area contributed by atoms with Gasteiger partial charge in [-0.2, -0.15) is 15.5 Å². The zero-order valence-corrected chi connectivity index (χ0v) is 15.9. The van der Waals surface area contributed by atoms with Crippen LogP contribution in [0.5, 0.6) is 0 Å². The summed E-state index contributed by atoms with van der Waals surface area (Å²) < 4.78 is 4.79. The Morgan fingerprint density at radius 2 is 2.06 bits per heavy atom. The third-order valence-electron chi connectivity index (χ3n) is 3.74. The lowest BCUT2D eigenvalue weighted by Crippen LogP contribution is -2.59. The number of rotatable bonds is 7. The molecule has 1 saturated heterocycles. The molecule has 16 nitrogen and oxygen atoms in total. The van der Waals surface area contributed by atoms with Crippen LogP contribution in [0.15, 0.2) is 43.7 Å². The van der Waals surface area contributed by atoms with E-state index in [2.05, 4.69) is 20.8 Å². The third kappa shape index (κ3) is 4.92. The Kier molecular flexibility index (Phi) is 6.86. The predicted molar refractivity (Wildman–Crippen MR) is 101 cm³/mol. The van der Waals surface area contributed by atoms with Crippen LogP contribution in [-0.4, -0.2) is 64.8 Å². The van der Waals surface area contributed by atoms with Gasteiger partial charge in [0.05, 0.1) is 12.3 Å². The second-order valence-electron chi connectivity index (χ2n) is 5.65. The quantitative estimate of drug-likeness (QED) is 0.143. The van der Waals surface area contributed by atoms with E-state index in [0.29, 0.717) is 4.90 Å². The number of furan rings is 1. The van der Waals surface area contributed by atoms with Gasteiger partial charge < -0.3 is 4.42 Å². The zero-order chi connectivity index (χ0) is 23.1. The summed E-state index contributed by atoms with van der Waals surface area (Å²) >= 11 is 0. The molecule has 0 spiro atoms. The number of nitrogens with zero attached hydrogens (tertiary/aromatic N) is 7. The average molecular weight is 431 g/mol. The first kappa shape index (κ1) is 22.4. The van der Waals surface area contributed by atoms with Crippen LogP contribution >= 0.6 is 0 Å². The SMILES string of the molecule is CN1C(=O)C(N=O)/C(=N\N/C=C(\C#N)C(=O)N/N=C/c2ccc([N+](=O)[O-])o2)N(C)C1=O. The van der Waals surface area contributed by atoms with Crippen molar-refractivity contribution in [1.82, 2.24) is 20.7 Å². The number of hydrogen-bond acceptors (Lipinski definition) is 12. The van der Waals surface area contributed by atoms with E-state index >= 15 is 0 Å². The number of likely N-dealkylation sites (N-methyl/N-ethyl adjacent to an activating group) is 2. The number of hydrazone groups is 2. The molecule has 0 aliphatic carbocycles. The first-order valence-electron chi connectivity index (χ1n) is 8.10. The van der Waals surface area contributed by atoms with E-state index in [4.69, 9.17) is 9.68 Å². The number of amides is 4. The standard InChI is InChI=1S/C15H13N9O7/c1-22-12(11(21-28)14(26)23(2)15(22)27)19-17-6-8(5-16)13(25)20-18-7-9-3-4-10(31-9)24(29)30/h3-4,6-7,11,17H,1-2H3,(H,20,25)/b8-6+,18-7+,19-12+. The maximum atomic E-state index is 12.0. The van der Waals surface area contributed by atoms with Crippen molar-refractivity contribution in [1.29, 1.82) is 5.26 Å². The van der Waals surface area contributed by atoms with E-state index in [9.17, 15) is 29.4 Å². The molecule has 1 aromatic heterocycles.